The van der Waals surface area contributed by atoms with E-state index >= 15 is 0 Å². The van der Waals surface area contributed by atoms with Crippen LogP contribution in [0.5, 0.6) is 0 Å². The van der Waals surface area contributed by atoms with Crippen molar-refractivity contribution in [3.8, 4) is 0 Å². The zero-order chi connectivity index (χ0) is 17.7. The van der Waals surface area contributed by atoms with Crippen LogP contribution in [-0.4, -0.2) is 20.1 Å². The molecule has 0 saturated carbocycles. The Morgan fingerprint density at radius 3 is 2.08 bits per heavy atom. The van der Waals surface area contributed by atoms with Crippen molar-refractivity contribution >= 4 is 27.4 Å². The summed E-state index contributed by atoms with van der Waals surface area (Å²) in [7, 11) is -3.79. The number of rotatable bonds is 6. The lowest BCUT2D eigenvalue weighted by molar-refractivity contribution is -0.116. The summed E-state index contributed by atoms with van der Waals surface area (Å²) in [6, 6.07) is 10.4. The van der Waals surface area contributed by atoms with Crippen LogP contribution >= 0.6 is 0 Å². The second kappa shape index (κ2) is 7.33. The number of Topliss-reactive ketones (excluding diaryl/α,β-unsaturated/α-hetero) is 1. The Kier molecular flexibility index (Phi) is 5.42. The highest BCUT2D eigenvalue weighted by molar-refractivity contribution is 7.89. The van der Waals surface area contributed by atoms with Gasteiger partial charge in [-0.15, -0.1) is 0 Å². The number of nitrogens with one attached hydrogen (secondary N) is 1. The number of halogens is 1. The molecule has 126 valence electrons. The quantitative estimate of drug-likeness (QED) is 0.778. The van der Waals surface area contributed by atoms with Crippen LogP contribution in [0, 0.1) is 5.82 Å². The topological polar surface area (TPSA) is 106 Å². The average Bonchev–Trinajstić information content (AvgIpc) is 2.53. The van der Waals surface area contributed by atoms with E-state index in [2.05, 4.69) is 5.32 Å². The molecule has 2 aromatic carbocycles. The van der Waals surface area contributed by atoms with Crippen molar-refractivity contribution in [1.82, 2.24) is 0 Å². The second-order valence-electron chi connectivity index (χ2n) is 5.05. The Morgan fingerprint density at radius 2 is 1.54 bits per heavy atom. The van der Waals surface area contributed by atoms with Crippen molar-refractivity contribution in [2.24, 2.45) is 5.14 Å². The lowest BCUT2D eigenvalue weighted by atomic mass is 10.1. The van der Waals surface area contributed by atoms with E-state index < -0.39 is 21.7 Å². The fourth-order valence-corrected chi connectivity index (χ4v) is 2.47. The average molecular weight is 350 g/mol. The van der Waals surface area contributed by atoms with Gasteiger partial charge in [-0.2, -0.15) is 0 Å². The fourth-order valence-electron chi connectivity index (χ4n) is 1.96. The Balaban J connectivity index is 1.89. The van der Waals surface area contributed by atoms with Crippen LogP contribution in [0.1, 0.15) is 23.2 Å². The van der Waals surface area contributed by atoms with Crippen LogP contribution in [0.15, 0.2) is 53.4 Å². The van der Waals surface area contributed by atoms with Crippen molar-refractivity contribution in [1.29, 1.82) is 0 Å². The van der Waals surface area contributed by atoms with Gasteiger partial charge in [0.1, 0.15) is 5.82 Å². The van der Waals surface area contributed by atoms with Gasteiger partial charge in [0.25, 0.3) is 0 Å². The van der Waals surface area contributed by atoms with Gasteiger partial charge in [0.05, 0.1) is 4.90 Å². The molecule has 0 spiro atoms. The maximum absolute atomic E-state index is 12.8. The minimum atomic E-state index is -3.79. The van der Waals surface area contributed by atoms with E-state index in [0.717, 1.165) is 0 Å². The summed E-state index contributed by atoms with van der Waals surface area (Å²) in [5.74, 6) is -1.10. The summed E-state index contributed by atoms with van der Waals surface area (Å²) in [6.07, 6.45) is -0.0696. The number of nitrogens with two attached hydrogens (primary N) is 1. The minimum Gasteiger partial charge on any atom is -0.326 e. The standard InChI is InChI=1S/C16H15FN2O4S/c17-12-3-1-11(2-4-12)15(20)9-10-16(21)19-13-5-7-14(8-6-13)24(18,22)23/h1-8H,9-10H2,(H,19,21)(H2,18,22,23). The highest BCUT2D eigenvalue weighted by Crippen LogP contribution is 2.14. The predicted molar refractivity (Wildman–Crippen MR) is 86.4 cm³/mol. The van der Waals surface area contributed by atoms with E-state index in [-0.39, 0.29) is 23.5 Å². The Hall–Kier alpha value is -2.58. The van der Waals surface area contributed by atoms with Gasteiger partial charge in [0.15, 0.2) is 5.78 Å². The smallest absolute Gasteiger partial charge is 0.238 e. The third-order valence-electron chi connectivity index (χ3n) is 3.21. The molecule has 2 aromatic rings. The number of ketones is 1. The van der Waals surface area contributed by atoms with Crippen molar-refractivity contribution in [3.63, 3.8) is 0 Å². The molecule has 0 unspecified atom stereocenters. The van der Waals surface area contributed by atoms with Crippen LogP contribution in [0.25, 0.3) is 0 Å². The van der Waals surface area contributed by atoms with Crippen LogP contribution in [0.3, 0.4) is 0 Å². The maximum Gasteiger partial charge on any atom is 0.238 e. The van der Waals surface area contributed by atoms with Gasteiger partial charge in [-0.1, -0.05) is 0 Å². The number of benzene rings is 2. The number of hydrogen-bond donors (Lipinski definition) is 2. The van der Waals surface area contributed by atoms with Gasteiger partial charge in [0.2, 0.25) is 15.9 Å². The molecule has 0 aliphatic carbocycles. The van der Waals surface area contributed by atoms with E-state index in [1.807, 2.05) is 0 Å². The summed E-state index contributed by atoms with van der Waals surface area (Å²) < 4.78 is 35.0. The van der Waals surface area contributed by atoms with Crippen molar-refractivity contribution in [2.45, 2.75) is 17.7 Å². The Morgan fingerprint density at radius 1 is 0.958 bits per heavy atom. The van der Waals surface area contributed by atoms with Gasteiger partial charge in [-0.25, -0.2) is 17.9 Å². The zero-order valence-electron chi connectivity index (χ0n) is 12.5. The van der Waals surface area contributed by atoms with E-state index in [4.69, 9.17) is 5.14 Å². The fraction of sp³-hybridized carbons (Fsp3) is 0.125. The summed E-state index contributed by atoms with van der Waals surface area (Å²) in [5.41, 5.74) is 0.725. The zero-order valence-corrected chi connectivity index (χ0v) is 13.3. The van der Waals surface area contributed by atoms with Crippen LogP contribution in [0.2, 0.25) is 0 Å². The van der Waals surface area contributed by atoms with E-state index in [1.165, 1.54) is 48.5 Å². The van der Waals surface area contributed by atoms with Crippen molar-refractivity contribution in [2.75, 3.05) is 5.32 Å². The van der Waals surface area contributed by atoms with Gasteiger partial charge < -0.3 is 5.32 Å². The first-order valence-electron chi connectivity index (χ1n) is 6.97. The summed E-state index contributed by atoms with van der Waals surface area (Å²) in [6.45, 7) is 0. The molecule has 0 atom stereocenters. The maximum atomic E-state index is 12.8. The number of primary sulfonamides is 1. The molecule has 1 amide bonds. The third-order valence-corrected chi connectivity index (χ3v) is 4.14. The summed E-state index contributed by atoms with van der Waals surface area (Å²) >= 11 is 0. The SMILES string of the molecule is NS(=O)(=O)c1ccc(NC(=O)CCC(=O)c2ccc(F)cc2)cc1. The van der Waals surface area contributed by atoms with E-state index in [9.17, 15) is 22.4 Å². The molecule has 0 fully saturated rings. The van der Waals surface area contributed by atoms with Crippen LogP contribution in [0.4, 0.5) is 10.1 Å². The molecule has 0 saturated heterocycles. The monoisotopic (exact) mass is 350 g/mol. The van der Waals surface area contributed by atoms with Gasteiger partial charge in [-0.05, 0) is 48.5 Å². The number of carbonyl (C=O) groups is 2. The molecule has 6 nitrogen and oxygen atoms in total. The molecule has 0 aromatic heterocycles. The molecule has 0 aliphatic rings. The first-order chi connectivity index (χ1) is 11.3. The highest BCUT2D eigenvalue weighted by Gasteiger charge is 2.11. The van der Waals surface area contributed by atoms with Gasteiger partial charge in [0, 0.05) is 24.1 Å². The van der Waals surface area contributed by atoms with Gasteiger partial charge >= 0.3 is 0 Å². The lowest BCUT2D eigenvalue weighted by Gasteiger charge is -2.06. The molecule has 24 heavy (non-hydrogen) atoms. The number of amides is 1. The molecule has 0 radical (unpaired) electrons. The predicted octanol–water partition coefficient (Wildman–Crippen LogP) is 2.07. The lowest BCUT2D eigenvalue weighted by Crippen LogP contribution is -2.14. The van der Waals surface area contributed by atoms with Crippen molar-refractivity contribution < 1.29 is 22.4 Å². The number of hydrogen-bond acceptors (Lipinski definition) is 4. The third kappa shape index (κ3) is 4.97. The molecule has 8 heteroatoms. The van der Waals surface area contributed by atoms with Crippen LogP contribution in [-0.2, 0) is 14.8 Å². The molecule has 3 N–H and O–H groups in total. The first kappa shape index (κ1) is 17.8. The highest BCUT2D eigenvalue weighted by atomic mass is 32.2. The molecule has 0 bridgehead atoms. The summed E-state index contributed by atoms with van der Waals surface area (Å²) in [5, 5.41) is 7.53. The van der Waals surface area contributed by atoms with Crippen LogP contribution < -0.4 is 10.5 Å². The molecule has 0 aliphatic heterocycles. The van der Waals surface area contributed by atoms with Crippen molar-refractivity contribution in [3.05, 3.63) is 59.9 Å². The molecule has 0 heterocycles. The number of carbonyl (C=O) groups excluding carboxylic acids is 2. The molecule has 2 rings (SSSR count). The molecular weight excluding hydrogens is 335 g/mol. The van der Waals surface area contributed by atoms with E-state index in [0.29, 0.717) is 11.3 Å². The minimum absolute atomic E-state index is 0.0211. The second-order valence-corrected chi connectivity index (χ2v) is 6.61. The Labute approximate surface area is 138 Å². The first-order valence-corrected chi connectivity index (χ1v) is 8.52. The molecular formula is C16H15FN2O4S. The van der Waals surface area contributed by atoms with Gasteiger partial charge in [-0.3, -0.25) is 9.59 Å². The Bertz CT molecular complexity index is 847. The number of sulfonamides is 1. The number of anilines is 1. The largest absolute Gasteiger partial charge is 0.326 e. The normalized spacial score (nSPS) is 11.1. The summed E-state index contributed by atoms with van der Waals surface area (Å²) in [4.78, 5) is 23.6. The van der Waals surface area contributed by atoms with E-state index in [1.54, 1.807) is 0 Å².